The summed E-state index contributed by atoms with van der Waals surface area (Å²) >= 11 is 1.83. The monoisotopic (exact) mass is 392 g/mol. The summed E-state index contributed by atoms with van der Waals surface area (Å²) in [6.07, 6.45) is 8.29. The van der Waals surface area contributed by atoms with E-state index in [1.807, 2.05) is 23.9 Å². The molecule has 146 valence electrons. The molecule has 2 aromatic carbocycles. The van der Waals surface area contributed by atoms with E-state index >= 15 is 0 Å². The second kappa shape index (κ2) is 8.97. The number of pyridine rings is 1. The molecule has 0 unspecified atom stereocenters. The number of hydrogen-bond acceptors (Lipinski definition) is 4. The molecule has 1 aromatic heterocycles. The fourth-order valence-electron chi connectivity index (χ4n) is 4.20. The van der Waals surface area contributed by atoms with Crippen molar-refractivity contribution in [3.63, 3.8) is 0 Å². The van der Waals surface area contributed by atoms with E-state index in [9.17, 15) is 5.11 Å². The van der Waals surface area contributed by atoms with Gasteiger partial charge in [0.05, 0.1) is 0 Å². The van der Waals surface area contributed by atoms with E-state index in [0.29, 0.717) is 11.8 Å². The maximum absolute atomic E-state index is 10.9. The molecule has 0 atom stereocenters. The van der Waals surface area contributed by atoms with E-state index in [0.717, 1.165) is 28.8 Å². The summed E-state index contributed by atoms with van der Waals surface area (Å²) in [6.45, 7) is 0.770. The van der Waals surface area contributed by atoms with Gasteiger partial charge in [-0.25, -0.2) is 0 Å². The Morgan fingerprint density at radius 3 is 2.61 bits per heavy atom. The van der Waals surface area contributed by atoms with Crippen molar-refractivity contribution in [2.45, 2.75) is 55.3 Å². The summed E-state index contributed by atoms with van der Waals surface area (Å²) in [4.78, 5) is 8.17. The van der Waals surface area contributed by atoms with Crippen LogP contribution in [0.4, 0.5) is 0 Å². The summed E-state index contributed by atoms with van der Waals surface area (Å²) in [5, 5.41) is 12.0. The van der Waals surface area contributed by atoms with Crippen molar-refractivity contribution in [3.05, 3.63) is 65.9 Å². The minimum absolute atomic E-state index is 0.340. The van der Waals surface area contributed by atoms with E-state index in [2.05, 4.69) is 53.3 Å². The van der Waals surface area contributed by atoms with Crippen molar-refractivity contribution in [1.82, 2.24) is 9.88 Å². The van der Waals surface area contributed by atoms with Crippen molar-refractivity contribution < 1.29 is 5.11 Å². The molecule has 1 aliphatic carbocycles. The zero-order chi connectivity index (χ0) is 19.3. The molecular weight excluding hydrogens is 364 g/mol. The van der Waals surface area contributed by atoms with Gasteiger partial charge in [0, 0.05) is 40.4 Å². The summed E-state index contributed by atoms with van der Waals surface area (Å²) < 4.78 is 0. The zero-order valence-electron chi connectivity index (χ0n) is 16.5. The SMILES string of the molecule is CN(Cc1cc(CSc2ccccc2)c2cccnc2c1O)C1CCCCC1. The molecule has 3 nitrogen and oxygen atoms in total. The average Bonchev–Trinajstić information content (AvgIpc) is 2.76. The molecule has 1 fully saturated rings. The third-order valence-corrected chi connectivity index (χ3v) is 6.85. The Hall–Kier alpha value is -2.04. The van der Waals surface area contributed by atoms with Gasteiger partial charge in [0.2, 0.25) is 0 Å². The van der Waals surface area contributed by atoms with Crippen LogP contribution in [0.2, 0.25) is 0 Å². The normalized spacial score (nSPS) is 15.4. The van der Waals surface area contributed by atoms with Gasteiger partial charge < -0.3 is 5.11 Å². The van der Waals surface area contributed by atoms with Gasteiger partial charge in [0.25, 0.3) is 0 Å². The molecule has 4 heteroatoms. The molecule has 3 aromatic rings. The van der Waals surface area contributed by atoms with Gasteiger partial charge in [0.1, 0.15) is 11.3 Å². The fourth-order valence-corrected chi connectivity index (χ4v) is 5.11. The maximum Gasteiger partial charge on any atom is 0.146 e. The average molecular weight is 393 g/mol. The van der Waals surface area contributed by atoms with Crippen molar-refractivity contribution >= 4 is 22.7 Å². The van der Waals surface area contributed by atoms with E-state index in [1.165, 1.54) is 42.6 Å². The third-order valence-electron chi connectivity index (χ3n) is 5.79. The number of nitrogens with zero attached hydrogens (tertiary/aromatic N) is 2. The van der Waals surface area contributed by atoms with Crippen LogP contribution in [0.15, 0.2) is 59.6 Å². The van der Waals surface area contributed by atoms with Gasteiger partial charge >= 0.3 is 0 Å². The lowest BCUT2D eigenvalue weighted by molar-refractivity contribution is 0.183. The molecule has 0 aliphatic heterocycles. The smallest absolute Gasteiger partial charge is 0.146 e. The topological polar surface area (TPSA) is 36.4 Å². The predicted octanol–water partition coefficient (Wildman–Crippen LogP) is 6.00. The van der Waals surface area contributed by atoms with Crippen LogP contribution in [0, 0.1) is 0 Å². The summed E-state index contributed by atoms with van der Waals surface area (Å²) in [5.41, 5.74) is 2.95. The van der Waals surface area contributed by atoms with Gasteiger partial charge in [-0.1, -0.05) is 43.5 Å². The molecule has 0 bridgehead atoms. The molecule has 1 N–H and O–H groups in total. The lowest BCUT2D eigenvalue weighted by atomic mass is 9.94. The molecule has 0 amide bonds. The number of phenols is 1. The highest BCUT2D eigenvalue weighted by Gasteiger charge is 2.20. The number of hydrogen-bond donors (Lipinski definition) is 1. The van der Waals surface area contributed by atoms with Crippen LogP contribution >= 0.6 is 11.8 Å². The van der Waals surface area contributed by atoms with E-state index < -0.39 is 0 Å². The van der Waals surface area contributed by atoms with E-state index in [4.69, 9.17) is 0 Å². The summed E-state index contributed by atoms with van der Waals surface area (Å²) in [6, 6.07) is 17.3. The third kappa shape index (κ3) is 4.34. The van der Waals surface area contributed by atoms with Gasteiger partial charge in [0.15, 0.2) is 0 Å². The Balaban J connectivity index is 1.61. The van der Waals surface area contributed by atoms with Gasteiger partial charge in [-0.15, -0.1) is 11.8 Å². The van der Waals surface area contributed by atoms with Crippen LogP contribution in [0.1, 0.15) is 43.2 Å². The molecule has 1 aliphatic rings. The molecule has 0 spiro atoms. The molecule has 0 radical (unpaired) electrons. The number of fused-ring (bicyclic) bond motifs is 1. The highest BCUT2D eigenvalue weighted by atomic mass is 32.2. The Morgan fingerprint density at radius 2 is 1.82 bits per heavy atom. The molecule has 1 saturated carbocycles. The Labute approximate surface area is 171 Å². The van der Waals surface area contributed by atoms with Crippen molar-refractivity contribution in [2.75, 3.05) is 7.05 Å². The van der Waals surface area contributed by atoms with Crippen LogP contribution in [0.3, 0.4) is 0 Å². The first-order chi connectivity index (χ1) is 13.7. The zero-order valence-corrected chi connectivity index (χ0v) is 17.3. The van der Waals surface area contributed by atoms with Crippen molar-refractivity contribution in [2.24, 2.45) is 0 Å². The van der Waals surface area contributed by atoms with E-state index in [-0.39, 0.29) is 0 Å². The molecule has 28 heavy (non-hydrogen) atoms. The minimum Gasteiger partial charge on any atom is -0.505 e. The van der Waals surface area contributed by atoms with Gasteiger partial charge in [-0.05, 0) is 49.7 Å². The van der Waals surface area contributed by atoms with Crippen LogP contribution in [0.5, 0.6) is 5.75 Å². The molecular formula is C24H28N2OS. The lowest BCUT2D eigenvalue weighted by Crippen LogP contribution is -2.32. The number of benzene rings is 2. The first-order valence-corrected chi connectivity index (χ1v) is 11.2. The van der Waals surface area contributed by atoms with Crippen molar-refractivity contribution in [3.8, 4) is 5.75 Å². The summed E-state index contributed by atoms with van der Waals surface area (Å²) in [7, 11) is 2.19. The number of aromatic hydroxyl groups is 1. The van der Waals surface area contributed by atoms with Crippen LogP contribution in [-0.4, -0.2) is 28.1 Å². The Kier molecular flexibility index (Phi) is 6.18. The maximum atomic E-state index is 10.9. The number of phenolic OH excluding ortho intramolecular Hbond substituents is 1. The number of aromatic nitrogens is 1. The Morgan fingerprint density at radius 1 is 1.04 bits per heavy atom. The molecule has 0 saturated heterocycles. The first kappa shape index (κ1) is 19.3. The van der Waals surface area contributed by atoms with E-state index in [1.54, 1.807) is 6.20 Å². The second-order valence-electron chi connectivity index (χ2n) is 7.75. The lowest BCUT2D eigenvalue weighted by Gasteiger charge is -2.31. The number of rotatable bonds is 6. The highest BCUT2D eigenvalue weighted by Crippen LogP contribution is 2.35. The summed E-state index contributed by atoms with van der Waals surface area (Å²) in [5.74, 6) is 1.21. The van der Waals surface area contributed by atoms with Gasteiger partial charge in [-0.3, -0.25) is 9.88 Å². The predicted molar refractivity (Wildman–Crippen MR) is 118 cm³/mol. The quantitative estimate of drug-likeness (QED) is 0.522. The van der Waals surface area contributed by atoms with Gasteiger partial charge in [-0.2, -0.15) is 0 Å². The fraction of sp³-hybridized carbons (Fsp3) is 0.375. The second-order valence-corrected chi connectivity index (χ2v) is 8.80. The highest BCUT2D eigenvalue weighted by molar-refractivity contribution is 7.98. The molecule has 4 rings (SSSR count). The molecule has 1 heterocycles. The van der Waals surface area contributed by atoms with Crippen LogP contribution < -0.4 is 0 Å². The minimum atomic E-state index is 0.340. The van der Waals surface area contributed by atoms with Crippen LogP contribution in [-0.2, 0) is 12.3 Å². The number of thioether (sulfide) groups is 1. The first-order valence-electron chi connectivity index (χ1n) is 10.2. The van der Waals surface area contributed by atoms with Crippen LogP contribution in [0.25, 0.3) is 10.9 Å². The van der Waals surface area contributed by atoms with Crippen molar-refractivity contribution in [1.29, 1.82) is 0 Å². The standard InChI is InChI=1S/C24H28N2OS/c1-26(20-9-4-2-5-10-20)16-18-15-19(17-28-21-11-6-3-7-12-21)22-13-8-14-25-23(22)24(18)27/h3,6-8,11-15,20,27H,2,4-5,9-10,16-17H2,1H3. The Bertz CT molecular complexity index is 923. The largest absolute Gasteiger partial charge is 0.505 e.